The molecule has 0 aliphatic carbocycles. The predicted molar refractivity (Wildman–Crippen MR) is 72.1 cm³/mol. The zero-order valence-electron chi connectivity index (χ0n) is 11.2. The Bertz CT molecular complexity index is 630. The van der Waals surface area contributed by atoms with Crippen molar-refractivity contribution in [3.05, 3.63) is 47.2 Å². The molecule has 0 aliphatic heterocycles. The minimum atomic E-state index is 0.244. The van der Waals surface area contributed by atoms with Crippen molar-refractivity contribution in [2.45, 2.75) is 26.7 Å². The molecule has 2 aromatic rings. The van der Waals surface area contributed by atoms with Gasteiger partial charge < -0.3 is 4.74 Å². The zero-order valence-corrected chi connectivity index (χ0v) is 11.2. The number of nitriles is 1. The molecule has 1 aromatic heterocycles. The lowest BCUT2D eigenvalue weighted by atomic mass is 10.0. The molecule has 0 spiro atoms. The number of hydrogen-bond donors (Lipinski definition) is 0. The maximum Gasteiger partial charge on any atom is 0.256 e. The van der Waals surface area contributed by atoms with E-state index >= 15 is 0 Å². The molecule has 4 heteroatoms. The molecule has 4 nitrogen and oxygen atoms in total. The van der Waals surface area contributed by atoms with Crippen molar-refractivity contribution in [2.24, 2.45) is 0 Å². The van der Waals surface area contributed by atoms with E-state index in [2.05, 4.69) is 30.1 Å². The highest BCUT2D eigenvalue weighted by molar-refractivity contribution is 5.43. The van der Waals surface area contributed by atoms with E-state index in [-0.39, 0.29) is 5.88 Å². The average molecular weight is 253 g/mol. The topological polar surface area (TPSA) is 58.8 Å². The van der Waals surface area contributed by atoms with Crippen molar-refractivity contribution in [2.75, 3.05) is 0 Å². The van der Waals surface area contributed by atoms with E-state index in [1.165, 1.54) is 11.8 Å². The smallest absolute Gasteiger partial charge is 0.256 e. The van der Waals surface area contributed by atoms with E-state index in [1.54, 1.807) is 6.07 Å². The average Bonchev–Trinajstić information content (AvgIpc) is 2.41. The first kappa shape index (κ1) is 13.0. The Balaban J connectivity index is 2.38. The highest BCUT2D eigenvalue weighted by Gasteiger charge is 2.10. The van der Waals surface area contributed by atoms with Gasteiger partial charge in [0.25, 0.3) is 5.88 Å². The first-order valence-electron chi connectivity index (χ1n) is 6.12. The molecule has 0 amide bonds. The first-order valence-corrected chi connectivity index (χ1v) is 6.12. The van der Waals surface area contributed by atoms with Gasteiger partial charge in [0.15, 0.2) is 0 Å². The maximum atomic E-state index is 9.01. The lowest BCUT2D eigenvalue weighted by molar-refractivity contribution is 0.449. The van der Waals surface area contributed by atoms with Crippen LogP contribution < -0.4 is 4.74 Å². The Kier molecular flexibility index (Phi) is 3.76. The molecule has 0 saturated heterocycles. The molecule has 0 fully saturated rings. The number of rotatable bonds is 3. The Morgan fingerprint density at radius 1 is 1.26 bits per heavy atom. The van der Waals surface area contributed by atoms with Crippen LogP contribution in [0.3, 0.4) is 0 Å². The summed E-state index contributed by atoms with van der Waals surface area (Å²) < 4.78 is 5.73. The second-order valence-corrected chi connectivity index (χ2v) is 4.64. The van der Waals surface area contributed by atoms with Gasteiger partial charge in [0.05, 0.1) is 6.20 Å². The largest absolute Gasteiger partial charge is 0.436 e. The van der Waals surface area contributed by atoms with E-state index in [1.807, 2.05) is 25.1 Å². The highest BCUT2D eigenvalue weighted by Crippen LogP contribution is 2.28. The number of benzene rings is 1. The second kappa shape index (κ2) is 5.49. The number of aryl methyl sites for hydroxylation is 1. The van der Waals surface area contributed by atoms with E-state index in [4.69, 9.17) is 10.00 Å². The molecule has 1 heterocycles. The maximum absolute atomic E-state index is 9.01. The Hall–Kier alpha value is -2.41. The van der Waals surface area contributed by atoms with Gasteiger partial charge >= 0.3 is 0 Å². The van der Waals surface area contributed by atoms with Crippen LogP contribution in [0.15, 0.2) is 30.5 Å². The van der Waals surface area contributed by atoms with Gasteiger partial charge in [-0.1, -0.05) is 26.0 Å². The highest BCUT2D eigenvalue weighted by atomic mass is 16.5. The molecule has 0 radical (unpaired) electrons. The van der Waals surface area contributed by atoms with Gasteiger partial charge in [-0.15, -0.1) is 5.10 Å². The van der Waals surface area contributed by atoms with Crippen LogP contribution in [0.5, 0.6) is 11.6 Å². The predicted octanol–water partition coefficient (Wildman–Crippen LogP) is 3.57. The fourth-order valence-corrected chi connectivity index (χ4v) is 1.67. The van der Waals surface area contributed by atoms with Crippen LogP contribution in [-0.4, -0.2) is 10.2 Å². The zero-order chi connectivity index (χ0) is 13.8. The number of hydrogen-bond acceptors (Lipinski definition) is 4. The third-order valence-corrected chi connectivity index (χ3v) is 2.89. The molecule has 0 atom stereocenters. The van der Waals surface area contributed by atoms with E-state index in [9.17, 15) is 0 Å². The molecular formula is C15H15N3O. The Morgan fingerprint density at radius 3 is 2.74 bits per heavy atom. The molecule has 0 aliphatic rings. The number of ether oxygens (including phenoxy) is 1. The summed E-state index contributed by atoms with van der Waals surface area (Å²) in [6, 6.07) is 9.70. The van der Waals surface area contributed by atoms with Crippen molar-refractivity contribution in [3.8, 4) is 17.7 Å². The van der Waals surface area contributed by atoms with Crippen molar-refractivity contribution in [1.29, 1.82) is 5.26 Å². The fourth-order valence-electron chi connectivity index (χ4n) is 1.67. The molecular weight excluding hydrogens is 238 g/mol. The molecule has 1 aromatic carbocycles. The van der Waals surface area contributed by atoms with Crippen LogP contribution in [0.25, 0.3) is 0 Å². The van der Waals surface area contributed by atoms with Crippen molar-refractivity contribution >= 4 is 0 Å². The number of nitrogens with zero attached hydrogens (tertiary/aromatic N) is 3. The Labute approximate surface area is 112 Å². The van der Waals surface area contributed by atoms with Gasteiger partial charge in [0, 0.05) is 0 Å². The van der Waals surface area contributed by atoms with Crippen LogP contribution in [0, 0.1) is 18.3 Å². The lowest BCUT2D eigenvalue weighted by Crippen LogP contribution is -1.97. The summed E-state index contributed by atoms with van der Waals surface area (Å²) >= 11 is 0. The van der Waals surface area contributed by atoms with Crippen LogP contribution >= 0.6 is 0 Å². The van der Waals surface area contributed by atoms with Gasteiger partial charge in [-0.25, -0.2) is 0 Å². The van der Waals surface area contributed by atoms with E-state index in [0.29, 0.717) is 17.2 Å². The van der Waals surface area contributed by atoms with E-state index < -0.39 is 0 Å². The summed E-state index contributed by atoms with van der Waals surface area (Å²) in [6.45, 7) is 6.21. The molecule has 19 heavy (non-hydrogen) atoms. The summed E-state index contributed by atoms with van der Waals surface area (Å²) in [4.78, 5) is 0. The van der Waals surface area contributed by atoms with E-state index in [0.717, 1.165) is 5.56 Å². The third-order valence-electron chi connectivity index (χ3n) is 2.89. The van der Waals surface area contributed by atoms with Crippen LogP contribution in [-0.2, 0) is 0 Å². The van der Waals surface area contributed by atoms with Gasteiger partial charge in [-0.05, 0) is 36.1 Å². The fraction of sp³-hybridized carbons (Fsp3) is 0.267. The standard InChI is InChI=1S/C15H15N3O/c1-10(2)12-5-4-11(3)14(8-12)19-15-13(9-16)6-7-17-18-15/h4-8,10H,1-3H3. The van der Waals surface area contributed by atoms with Gasteiger partial charge in [-0.2, -0.15) is 10.4 Å². The first-order chi connectivity index (χ1) is 9.11. The summed E-state index contributed by atoms with van der Waals surface area (Å²) in [6.07, 6.45) is 1.48. The molecule has 0 unspecified atom stereocenters. The molecule has 0 saturated carbocycles. The van der Waals surface area contributed by atoms with Crippen molar-refractivity contribution in [1.82, 2.24) is 10.2 Å². The third kappa shape index (κ3) is 2.89. The summed E-state index contributed by atoms with van der Waals surface area (Å²) in [5.41, 5.74) is 2.56. The summed E-state index contributed by atoms with van der Waals surface area (Å²) in [5.74, 6) is 1.37. The lowest BCUT2D eigenvalue weighted by Gasteiger charge is -2.12. The second-order valence-electron chi connectivity index (χ2n) is 4.64. The molecule has 96 valence electrons. The monoisotopic (exact) mass is 253 g/mol. The summed E-state index contributed by atoms with van der Waals surface area (Å²) in [5, 5.41) is 16.6. The minimum absolute atomic E-state index is 0.244. The van der Waals surface area contributed by atoms with Crippen LogP contribution in [0.4, 0.5) is 0 Å². The quantitative estimate of drug-likeness (QED) is 0.839. The normalized spacial score (nSPS) is 10.3. The van der Waals surface area contributed by atoms with Gasteiger partial charge in [0.2, 0.25) is 0 Å². The minimum Gasteiger partial charge on any atom is -0.436 e. The van der Waals surface area contributed by atoms with Gasteiger partial charge in [0.1, 0.15) is 17.4 Å². The summed E-state index contributed by atoms with van der Waals surface area (Å²) in [7, 11) is 0. The molecule has 0 bridgehead atoms. The molecule has 2 rings (SSSR count). The van der Waals surface area contributed by atoms with Gasteiger partial charge in [-0.3, -0.25) is 0 Å². The molecule has 0 N–H and O–H groups in total. The van der Waals surface area contributed by atoms with Crippen molar-refractivity contribution in [3.63, 3.8) is 0 Å². The van der Waals surface area contributed by atoms with Crippen molar-refractivity contribution < 1.29 is 4.74 Å². The number of aromatic nitrogens is 2. The SMILES string of the molecule is Cc1ccc(C(C)C)cc1Oc1nnccc1C#N. The van der Waals surface area contributed by atoms with Crippen LogP contribution in [0.1, 0.15) is 36.5 Å². The van der Waals surface area contributed by atoms with Crippen LogP contribution in [0.2, 0.25) is 0 Å². The Morgan fingerprint density at radius 2 is 2.05 bits per heavy atom.